The summed E-state index contributed by atoms with van der Waals surface area (Å²) in [6, 6.07) is 25.4. The lowest BCUT2D eigenvalue weighted by Gasteiger charge is -2.24. The van der Waals surface area contributed by atoms with Crippen LogP contribution in [0.2, 0.25) is 0 Å². The second kappa shape index (κ2) is 9.92. The Balaban J connectivity index is 1.43. The van der Waals surface area contributed by atoms with Crippen molar-refractivity contribution in [3.8, 4) is 5.75 Å². The molecule has 3 aromatic carbocycles. The van der Waals surface area contributed by atoms with E-state index in [4.69, 9.17) is 4.74 Å². The van der Waals surface area contributed by atoms with Gasteiger partial charge in [0.25, 0.3) is 5.91 Å². The Labute approximate surface area is 193 Å². The van der Waals surface area contributed by atoms with Crippen LogP contribution in [0.1, 0.15) is 32.4 Å². The first-order chi connectivity index (χ1) is 15.5. The predicted octanol–water partition coefficient (Wildman–Crippen LogP) is 4.74. The van der Waals surface area contributed by atoms with Gasteiger partial charge in [0.2, 0.25) is 5.91 Å². The molecule has 0 N–H and O–H groups in total. The maximum atomic E-state index is 12.9. The molecule has 164 valence electrons. The minimum atomic E-state index is -0.0383. The monoisotopic (exact) mass is 446 g/mol. The van der Waals surface area contributed by atoms with Crippen LogP contribution in [0.5, 0.6) is 5.75 Å². The largest absolute Gasteiger partial charge is 0.497 e. The van der Waals surface area contributed by atoms with Crippen molar-refractivity contribution in [2.24, 2.45) is 0 Å². The van der Waals surface area contributed by atoms with E-state index in [0.29, 0.717) is 24.4 Å². The van der Waals surface area contributed by atoms with Gasteiger partial charge in [0, 0.05) is 25.7 Å². The number of hydrogen-bond donors (Lipinski definition) is 0. The molecule has 0 bridgehead atoms. The molecule has 1 unspecified atom stereocenters. The molecule has 1 heterocycles. The van der Waals surface area contributed by atoms with Crippen molar-refractivity contribution in [3.05, 3.63) is 101 Å². The highest BCUT2D eigenvalue weighted by Crippen LogP contribution is 2.39. The Morgan fingerprint density at radius 2 is 1.69 bits per heavy atom. The van der Waals surface area contributed by atoms with Crippen LogP contribution in [0.4, 0.5) is 0 Å². The minimum Gasteiger partial charge on any atom is -0.497 e. The number of benzene rings is 3. The molecular weight excluding hydrogens is 420 g/mol. The quantitative estimate of drug-likeness (QED) is 0.526. The lowest BCUT2D eigenvalue weighted by atomic mass is 10.1. The number of ether oxygens (including phenoxy) is 1. The van der Waals surface area contributed by atoms with Gasteiger partial charge in [0.05, 0.1) is 12.9 Å². The van der Waals surface area contributed by atoms with E-state index in [2.05, 4.69) is 0 Å². The summed E-state index contributed by atoms with van der Waals surface area (Å²) in [7, 11) is 3.43. The Kier molecular flexibility index (Phi) is 6.81. The lowest BCUT2D eigenvalue weighted by Crippen LogP contribution is -2.28. The van der Waals surface area contributed by atoms with Crippen LogP contribution in [0.15, 0.2) is 78.9 Å². The minimum absolute atomic E-state index is 0.0381. The van der Waals surface area contributed by atoms with Crippen LogP contribution in [-0.2, 0) is 17.9 Å². The fraction of sp³-hybridized carbons (Fsp3) is 0.231. The fourth-order valence-electron chi connectivity index (χ4n) is 3.77. The lowest BCUT2D eigenvalue weighted by molar-refractivity contribution is -0.128. The molecule has 1 atom stereocenters. The second-order valence-corrected chi connectivity index (χ2v) is 8.87. The Morgan fingerprint density at radius 1 is 1.00 bits per heavy atom. The summed E-state index contributed by atoms with van der Waals surface area (Å²) in [6.45, 7) is 1.10. The van der Waals surface area contributed by atoms with Crippen molar-refractivity contribution in [3.63, 3.8) is 0 Å². The number of amides is 2. The zero-order valence-electron chi connectivity index (χ0n) is 18.2. The molecule has 0 spiro atoms. The molecule has 3 aromatic rings. The molecule has 0 radical (unpaired) electrons. The molecule has 2 amide bonds. The molecular formula is C26H26N2O3S. The van der Waals surface area contributed by atoms with E-state index in [1.54, 1.807) is 30.8 Å². The van der Waals surface area contributed by atoms with Crippen molar-refractivity contribution in [2.75, 3.05) is 19.9 Å². The third-order valence-electron chi connectivity index (χ3n) is 5.53. The molecule has 32 heavy (non-hydrogen) atoms. The summed E-state index contributed by atoms with van der Waals surface area (Å²) in [4.78, 5) is 29.0. The van der Waals surface area contributed by atoms with E-state index in [0.717, 1.165) is 22.4 Å². The normalized spacial score (nSPS) is 15.6. The first-order valence-corrected chi connectivity index (χ1v) is 11.5. The van der Waals surface area contributed by atoms with Gasteiger partial charge in [0.1, 0.15) is 11.1 Å². The van der Waals surface area contributed by atoms with Crippen LogP contribution < -0.4 is 4.74 Å². The van der Waals surface area contributed by atoms with Crippen molar-refractivity contribution in [1.82, 2.24) is 9.80 Å². The van der Waals surface area contributed by atoms with E-state index in [-0.39, 0.29) is 17.2 Å². The van der Waals surface area contributed by atoms with Crippen LogP contribution >= 0.6 is 11.8 Å². The molecule has 1 saturated heterocycles. The second-order valence-electron chi connectivity index (χ2n) is 7.80. The number of carbonyl (C=O) groups excluding carboxylic acids is 2. The number of thioether (sulfide) groups is 1. The number of methoxy groups -OCH3 is 1. The number of hydrogen-bond acceptors (Lipinski definition) is 4. The summed E-state index contributed by atoms with van der Waals surface area (Å²) in [5.41, 5.74) is 3.82. The summed E-state index contributed by atoms with van der Waals surface area (Å²) in [6.07, 6.45) is 0. The van der Waals surface area contributed by atoms with Gasteiger partial charge >= 0.3 is 0 Å². The van der Waals surface area contributed by atoms with E-state index in [1.807, 2.05) is 83.8 Å². The molecule has 6 heteroatoms. The van der Waals surface area contributed by atoms with Crippen molar-refractivity contribution < 1.29 is 14.3 Å². The smallest absolute Gasteiger partial charge is 0.253 e. The van der Waals surface area contributed by atoms with Gasteiger partial charge in [-0.3, -0.25) is 9.59 Å². The summed E-state index contributed by atoms with van der Waals surface area (Å²) >= 11 is 1.63. The molecule has 1 aliphatic rings. The average Bonchev–Trinajstić information content (AvgIpc) is 3.19. The Morgan fingerprint density at radius 3 is 2.34 bits per heavy atom. The highest BCUT2D eigenvalue weighted by atomic mass is 32.2. The van der Waals surface area contributed by atoms with E-state index in [1.165, 1.54) is 0 Å². The first kappa shape index (κ1) is 22.0. The summed E-state index contributed by atoms with van der Waals surface area (Å²) < 4.78 is 5.18. The van der Waals surface area contributed by atoms with Gasteiger partial charge in [-0.1, -0.05) is 54.6 Å². The highest BCUT2D eigenvalue weighted by molar-refractivity contribution is 8.00. The first-order valence-electron chi connectivity index (χ1n) is 10.5. The third kappa shape index (κ3) is 4.97. The summed E-state index contributed by atoms with van der Waals surface area (Å²) in [5, 5.41) is -0.0381. The van der Waals surface area contributed by atoms with Gasteiger partial charge < -0.3 is 14.5 Å². The molecule has 0 aliphatic carbocycles. The van der Waals surface area contributed by atoms with Gasteiger partial charge in [-0.25, -0.2) is 0 Å². The van der Waals surface area contributed by atoms with Gasteiger partial charge in [-0.2, -0.15) is 0 Å². The van der Waals surface area contributed by atoms with Gasteiger partial charge in [-0.05, 0) is 41.0 Å². The zero-order valence-corrected chi connectivity index (χ0v) is 19.0. The van der Waals surface area contributed by atoms with Crippen LogP contribution in [0, 0.1) is 0 Å². The Hall–Kier alpha value is -3.25. The maximum absolute atomic E-state index is 12.9. The van der Waals surface area contributed by atoms with Crippen LogP contribution in [-0.4, -0.2) is 41.5 Å². The molecule has 1 aliphatic heterocycles. The Bertz CT molecular complexity index is 1070. The molecule has 4 rings (SSSR count). The van der Waals surface area contributed by atoms with Gasteiger partial charge in [-0.15, -0.1) is 11.8 Å². The SMILES string of the molecule is COc1ccc(CN(C)C(=O)c2ccc(C3SCC(=O)N3Cc3ccccc3)cc2)cc1. The standard InChI is InChI=1S/C26H26N2O3S/c1-27(16-20-8-14-23(31-2)15-9-20)25(30)21-10-12-22(13-11-21)26-28(24(29)18-32-26)17-19-6-4-3-5-7-19/h3-15,26H,16-18H2,1-2H3. The van der Waals surface area contributed by atoms with Crippen LogP contribution in [0.3, 0.4) is 0 Å². The van der Waals surface area contributed by atoms with Crippen molar-refractivity contribution in [2.45, 2.75) is 18.5 Å². The van der Waals surface area contributed by atoms with E-state index < -0.39 is 0 Å². The third-order valence-corrected chi connectivity index (χ3v) is 6.79. The zero-order chi connectivity index (χ0) is 22.5. The summed E-state index contributed by atoms with van der Waals surface area (Å²) in [5.74, 6) is 1.37. The van der Waals surface area contributed by atoms with Gasteiger partial charge in [0.15, 0.2) is 0 Å². The molecule has 0 aromatic heterocycles. The van der Waals surface area contributed by atoms with Crippen molar-refractivity contribution >= 4 is 23.6 Å². The van der Waals surface area contributed by atoms with E-state index in [9.17, 15) is 9.59 Å². The van der Waals surface area contributed by atoms with Crippen LogP contribution in [0.25, 0.3) is 0 Å². The average molecular weight is 447 g/mol. The topological polar surface area (TPSA) is 49.9 Å². The number of nitrogens with zero attached hydrogens (tertiary/aromatic N) is 2. The highest BCUT2D eigenvalue weighted by Gasteiger charge is 2.32. The molecule has 5 nitrogen and oxygen atoms in total. The number of rotatable bonds is 7. The van der Waals surface area contributed by atoms with E-state index >= 15 is 0 Å². The number of carbonyl (C=O) groups is 2. The van der Waals surface area contributed by atoms with Crippen molar-refractivity contribution in [1.29, 1.82) is 0 Å². The molecule has 0 saturated carbocycles. The molecule has 1 fully saturated rings. The predicted molar refractivity (Wildman–Crippen MR) is 127 cm³/mol. The fourth-order valence-corrected chi connectivity index (χ4v) is 4.96. The maximum Gasteiger partial charge on any atom is 0.253 e.